The molecule has 1 saturated carbocycles. The summed E-state index contributed by atoms with van der Waals surface area (Å²) >= 11 is 0. The Hall–Kier alpha value is -3.18. The summed E-state index contributed by atoms with van der Waals surface area (Å²) in [6, 6.07) is 3.51. The second-order valence-electron chi connectivity index (χ2n) is 10.0. The van der Waals surface area contributed by atoms with Gasteiger partial charge in [-0.05, 0) is 49.1 Å². The Kier molecular flexibility index (Phi) is 7.66. The first kappa shape index (κ1) is 27.4. The smallest absolute Gasteiger partial charge is 0.475 e. The molecule has 2 aliphatic heterocycles. The van der Waals surface area contributed by atoms with Crippen molar-refractivity contribution in [1.29, 1.82) is 0 Å². The quantitative estimate of drug-likeness (QED) is 0.651. The van der Waals surface area contributed by atoms with Gasteiger partial charge in [0, 0.05) is 65.2 Å². The molecule has 0 bridgehead atoms. The molecule has 9 nitrogen and oxygen atoms in total. The number of alkyl halides is 3. The normalized spacial score (nSPS) is 24.6. The minimum absolute atomic E-state index is 0.0326. The number of carboxylic acids is 1. The number of pyridine rings is 1. The van der Waals surface area contributed by atoms with E-state index in [0.717, 1.165) is 25.7 Å². The van der Waals surface area contributed by atoms with E-state index in [2.05, 4.69) is 4.98 Å². The van der Waals surface area contributed by atoms with Gasteiger partial charge in [0.15, 0.2) is 0 Å². The lowest BCUT2D eigenvalue weighted by Crippen LogP contribution is -2.49. The second kappa shape index (κ2) is 10.1. The Morgan fingerprint density at radius 3 is 2.06 bits per heavy atom. The van der Waals surface area contributed by atoms with Crippen LogP contribution in [0.3, 0.4) is 0 Å². The number of nitrogens with zero attached hydrogens (tertiary/aromatic N) is 4. The van der Waals surface area contributed by atoms with E-state index in [4.69, 9.17) is 9.90 Å². The molecule has 3 heterocycles. The second-order valence-corrected chi connectivity index (χ2v) is 10.0. The van der Waals surface area contributed by atoms with E-state index < -0.39 is 17.6 Å². The van der Waals surface area contributed by atoms with Crippen molar-refractivity contribution in [3.8, 4) is 0 Å². The number of carbonyl (C=O) groups excluding carboxylic acids is 3. The highest BCUT2D eigenvalue weighted by Crippen LogP contribution is 2.62. The van der Waals surface area contributed by atoms with Crippen LogP contribution < -0.4 is 0 Å². The minimum atomic E-state index is -5.08. The van der Waals surface area contributed by atoms with Crippen LogP contribution in [-0.4, -0.2) is 94.9 Å². The van der Waals surface area contributed by atoms with Gasteiger partial charge in [-0.3, -0.25) is 19.4 Å². The van der Waals surface area contributed by atoms with Crippen molar-refractivity contribution in [2.24, 2.45) is 16.7 Å². The molecule has 198 valence electrons. The van der Waals surface area contributed by atoms with Gasteiger partial charge in [0.25, 0.3) is 5.91 Å². The van der Waals surface area contributed by atoms with Crippen molar-refractivity contribution in [3.63, 3.8) is 0 Å². The van der Waals surface area contributed by atoms with Crippen LogP contribution in [0.1, 0.15) is 43.0 Å². The summed E-state index contributed by atoms with van der Waals surface area (Å²) in [6.45, 7) is 4.18. The van der Waals surface area contributed by atoms with Gasteiger partial charge < -0.3 is 19.8 Å². The molecule has 2 atom stereocenters. The number of hydrogen-bond acceptors (Lipinski definition) is 5. The number of aromatic nitrogens is 1. The molecule has 4 rings (SSSR count). The van der Waals surface area contributed by atoms with Gasteiger partial charge in [-0.25, -0.2) is 4.79 Å². The summed E-state index contributed by atoms with van der Waals surface area (Å²) in [5.74, 6) is -2.34. The Balaban J connectivity index is 0.000000454. The zero-order valence-corrected chi connectivity index (χ0v) is 20.5. The summed E-state index contributed by atoms with van der Waals surface area (Å²) in [4.78, 5) is 56.5. The van der Waals surface area contributed by atoms with Crippen LogP contribution in [0, 0.1) is 16.7 Å². The van der Waals surface area contributed by atoms with E-state index in [1.54, 1.807) is 36.4 Å². The lowest BCUT2D eigenvalue weighted by molar-refractivity contribution is -0.192. The molecule has 36 heavy (non-hydrogen) atoms. The molecule has 1 aromatic rings. The van der Waals surface area contributed by atoms with Crippen LogP contribution in [0.15, 0.2) is 24.5 Å². The molecule has 1 spiro atoms. The number of hydrogen-bond donors (Lipinski definition) is 1. The zero-order chi connectivity index (χ0) is 26.9. The Morgan fingerprint density at radius 1 is 1.03 bits per heavy atom. The molecular formula is C24H31F3N4O5. The number of amides is 3. The Morgan fingerprint density at radius 2 is 1.58 bits per heavy atom. The topological polar surface area (TPSA) is 111 Å². The average molecular weight is 513 g/mol. The van der Waals surface area contributed by atoms with Gasteiger partial charge in [-0.1, -0.05) is 0 Å². The first-order valence-electron chi connectivity index (χ1n) is 11.7. The Labute approximate surface area is 207 Å². The highest BCUT2D eigenvalue weighted by Gasteiger charge is 2.65. The van der Waals surface area contributed by atoms with E-state index in [1.165, 1.54) is 0 Å². The summed E-state index contributed by atoms with van der Waals surface area (Å²) in [5.41, 5.74) is 0.236. The molecular weight excluding hydrogens is 481 g/mol. The highest BCUT2D eigenvalue weighted by atomic mass is 19.4. The van der Waals surface area contributed by atoms with Crippen LogP contribution in [0.5, 0.6) is 0 Å². The third-order valence-corrected chi connectivity index (χ3v) is 7.84. The number of rotatable bonds is 2. The Bertz CT molecular complexity index is 1010. The fraction of sp³-hybridized carbons (Fsp3) is 0.625. The molecule has 3 aliphatic rings. The van der Waals surface area contributed by atoms with Crippen LogP contribution in [-0.2, 0) is 14.4 Å². The number of carbonyl (C=O) groups is 4. The van der Waals surface area contributed by atoms with Gasteiger partial charge >= 0.3 is 12.1 Å². The number of piperidine rings is 1. The molecule has 1 N–H and O–H groups in total. The number of fused-ring (bicyclic) bond motifs is 2. The zero-order valence-electron chi connectivity index (χ0n) is 20.5. The predicted molar refractivity (Wildman–Crippen MR) is 122 cm³/mol. The van der Waals surface area contributed by atoms with E-state index in [0.29, 0.717) is 31.7 Å². The maximum atomic E-state index is 13.2. The van der Waals surface area contributed by atoms with E-state index in [9.17, 15) is 27.6 Å². The molecule has 1 aromatic heterocycles. The average Bonchev–Trinajstić information content (AvgIpc) is 3.36. The summed E-state index contributed by atoms with van der Waals surface area (Å²) in [6.07, 6.45) is 1.82. The molecule has 0 aromatic carbocycles. The SMILES string of the molecule is CC(=O)N1C[C@H]2C3(CCN(C(=O)c4ccncc4)CC3)CC[C@@]2(C(=O)N(C)C)C1.O=C(O)C(F)(F)F. The third-order valence-electron chi connectivity index (χ3n) is 7.84. The van der Waals surface area contributed by atoms with Gasteiger partial charge in [-0.15, -0.1) is 0 Å². The van der Waals surface area contributed by atoms with Crippen molar-refractivity contribution >= 4 is 23.7 Å². The first-order valence-corrected chi connectivity index (χ1v) is 11.7. The predicted octanol–water partition coefficient (Wildman–Crippen LogP) is 2.28. The molecule has 3 fully saturated rings. The van der Waals surface area contributed by atoms with Gasteiger partial charge in [0.1, 0.15) is 0 Å². The number of carboxylic acid groups (broad SMARTS) is 1. The van der Waals surface area contributed by atoms with Gasteiger partial charge in [-0.2, -0.15) is 13.2 Å². The lowest BCUT2D eigenvalue weighted by Gasteiger charge is -2.44. The van der Waals surface area contributed by atoms with E-state index in [1.807, 2.05) is 23.9 Å². The molecule has 12 heteroatoms. The molecule has 1 aliphatic carbocycles. The summed E-state index contributed by atoms with van der Waals surface area (Å²) < 4.78 is 31.7. The van der Waals surface area contributed by atoms with Crippen LogP contribution >= 0.6 is 0 Å². The van der Waals surface area contributed by atoms with Crippen molar-refractivity contribution in [2.45, 2.75) is 38.8 Å². The number of halogens is 3. The third kappa shape index (κ3) is 5.17. The monoisotopic (exact) mass is 512 g/mol. The fourth-order valence-electron chi connectivity index (χ4n) is 6.03. The molecule has 3 amide bonds. The van der Waals surface area contributed by atoms with E-state index in [-0.39, 0.29) is 29.1 Å². The van der Waals surface area contributed by atoms with Crippen LogP contribution in [0.2, 0.25) is 0 Å². The number of aliphatic carboxylic acids is 1. The first-order chi connectivity index (χ1) is 16.7. The molecule has 0 unspecified atom stereocenters. The van der Waals surface area contributed by atoms with Gasteiger partial charge in [0.2, 0.25) is 11.8 Å². The van der Waals surface area contributed by atoms with Crippen LogP contribution in [0.4, 0.5) is 13.2 Å². The van der Waals surface area contributed by atoms with E-state index >= 15 is 0 Å². The van der Waals surface area contributed by atoms with Gasteiger partial charge in [0.05, 0.1) is 5.41 Å². The molecule has 0 radical (unpaired) electrons. The standard InChI is InChI=1S/C22H30N4O3.C2HF3O2/c1-16(27)26-14-18-21(6-7-22(18,15-26)20(29)24(2)3)8-12-25(13-9-21)19(28)17-4-10-23-11-5-17;3-2(4,5)1(6)7/h4-5,10-11,18H,6-9,12-15H2,1-3H3;(H,6,7)/t18-,22+;/m0./s1. The van der Waals surface area contributed by atoms with Crippen molar-refractivity contribution in [1.82, 2.24) is 19.7 Å². The summed E-state index contributed by atoms with van der Waals surface area (Å²) in [7, 11) is 3.62. The van der Waals surface area contributed by atoms with Crippen molar-refractivity contribution < 1.29 is 37.5 Å². The maximum Gasteiger partial charge on any atom is 0.490 e. The van der Waals surface area contributed by atoms with Crippen molar-refractivity contribution in [3.05, 3.63) is 30.1 Å². The van der Waals surface area contributed by atoms with Crippen molar-refractivity contribution in [2.75, 3.05) is 40.3 Å². The maximum absolute atomic E-state index is 13.2. The fourth-order valence-corrected chi connectivity index (χ4v) is 6.03. The highest BCUT2D eigenvalue weighted by molar-refractivity contribution is 5.94. The van der Waals surface area contributed by atoms with Crippen LogP contribution in [0.25, 0.3) is 0 Å². The summed E-state index contributed by atoms with van der Waals surface area (Å²) in [5, 5.41) is 7.12. The minimum Gasteiger partial charge on any atom is -0.475 e. The number of likely N-dealkylation sites (tertiary alicyclic amines) is 2. The lowest BCUT2D eigenvalue weighted by atomic mass is 9.65. The molecule has 2 saturated heterocycles. The largest absolute Gasteiger partial charge is 0.490 e.